The highest BCUT2D eigenvalue weighted by molar-refractivity contribution is 6.15. The summed E-state index contributed by atoms with van der Waals surface area (Å²) < 4.78 is 21.4. The molecule has 27 heavy (non-hydrogen) atoms. The smallest absolute Gasteiger partial charge is 0.412 e. The van der Waals surface area contributed by atoms with Crippen molar-refractivity contribution in [3.8, 4) is 5.75 Å². The fourth-order valence-corrected chi connectivity index (χ4v) is 2.79. The molecule has 1 N–H and O–H groups in total. The largest absolute Gasteiger partial charge is 0.496 e. The Labute approximate surface area is 156 Å². The predicted molar refractivity (Wildman–Crippen MR) is 101 cm³/mol. The van der Waals surface area contributed by atoms with Crippen molar-refractivity contribution in [1.29, 1.82) is 0 Å². The Morgan fingerprint density at radius 3 is 2.44 bits per heavy atom. The lowest BCUT2D eigenvalue weighted by Crippen LogP contribution is -2.27. The van der Waals surface area contributed by atoms with Crippen molar-refractivity contribution in [3.63, 3.8) is 0 Å². The molecule has 0 bridgehead atoms. The number of furan rings is 1. The van der Waals surface area contributed by atoms with Crippen LogP contribution in [0.2, 0.25) is 0 Å². The van der Waals surface area contributed by atoms with Crippen LogP contribution in [0.1, 0.15) is 31.1 Å². The third kappa shape index (κ3) is 3.67. The number of methoxy groups -OCH3 is 2. The minimum Gasteiger partial charge on any atom is -0.496 e. The third-order valence-corrected chi connectivity index (χ3v) is 3.85. The fraction of sp³-hybridized carbons (Fsp3) is 0.300. The molecule has 3 aromatic rings. The van der Waals surface area contributed by atoms with Gasteiger partial charge in [0, 0.05) is 17.1 Å². The van der Waals surface area contributed by atoms with Crippen molar-refractivity contribution in [2.75, 3.05) is 19.5 Å². The maximum absolute atomic E-state index is 12.1. The lowest BCUT2D eigenvalue weighted by molar-refractivity contribution is 0.0599. The molecule has 0 spiro atoms. The Kier molecular flexibility index (Phi) is 4.70. The Morgan fingerprint density at radius 1 is 1.07 bits per heavy atom. The summed E-state index contributed by atoms with van der Waals surface area (Å²) in [7, 11) is 2.85. The highest BCUT2D eigenvalue weighted by Crippen LogP contribution is 2.38. The third-order valence-electron chi connectivity index (χ3n) is 3.85. The monoisotopic (exact) mass is 371 g/mol. The molecule has 1 aromatic heterocycles. The molecule has 7 heteroatoms. The minimum absolute atomic E-state index is 0.297. The van der Waals surface area contributed by atoms with E-state index in [0.29, 0.717) is 33.6 Å². The van der Waals surface area contributed by atoms with Crippen LogP contribution in [0, 0.1) is 0 Å². The molecule has 0 atom stereocenters. The first-order chi connectivity index (χ1) is 12.7. The molecule has 142 valence electrons. The van der Waals surface area contributed by atoms with E-state index in [1.807, 2.05) is 0 Å². The molecule has 0 saturated carbocycles. The number of fused-ring (bicyclic) bond motifs is 3. The highest BCUT2D eigenvalue weighted by Gasteiger charge is 2.21. The number of benzene rings is 2. The molecule has 0 aliphatic carbocycles. The molecular weight excluding hydrogens is 350 g/mol. The van der Waals surface area contributed by atoms with Gasteiger partial charge in [-0.1, -0.05) is 0 Å². The normalized spacial score (nSPS) is 11.4. The van der Waals surface area contributed by atoms with Crippen LogP contribution in [-0.2, 0) is 9.47 Å². The van der Waals surface area contributed by atoms with Crippen LogP contribution in [0.4, 0.5) is 10.5 Å². The molecule has 0 radical (unpaired) electrons. The van der Waals surface area contributed by atoms with Gasteiger partial charge in [0.15, 0.2) is 5.58 Å². The number of hydrogen-bond acceptors (Lipinski definition) is 6. The van der Waals surface area contributed by atoms with Crippen LogP contribution in [0.15, 0.2) is 34.7 Å². The van der Waals surface area contributed by atoms with Crippen molar-refractivity contribution < 1.29 is 28.2 Å². The topological polar surface area (TPSA) is 87.0 Å². The number of anilines is 1. The van der Waals surface area contributed by atoms with Crippen molar-refractivity contribution in [2.45, 2.75) is 26.4 Å². The number of rotatable bonds is 3. The van der Waals surface area contributed by atoms with E-state index >= 15 is 0 Å². The summed E-state index contributed by atoms with van der Waals surface area (Å²) in [5, 5.41) is 4.09. The zero-order valence-electron chi connectivity index (χ0n) is 15.8. The van der Waals surface area contributed by atoms with Crippen LogP contribution in [0.25, 0.3) is 21.9 Å². The number of amides is 1. The first kappa shape index (κ1) is 18.6. The van der Waals surface area contributed by atoms with Gasteiger partial charge in [-0.05, 0) is 45.0 Å². The van der Waals surface area contributed by atoms with Gasteiger partial charge >= 0.3 is 12.1 Å². The van der Waals surface area contributed by atoms with Crippen molar-refractivity contribution in [3.05, 3.63) is 35.9 Å². The molecule has 2 aromatic carbocycles. The van der Waals surface area contributed by atoms with Gasteiger partial charge in [-0.2, -0.15) is 0 Å². The van der Waals surface area contributed by atoms with Crippen LogP contribution >= 0.6 is 0 Å². The number of nitrogens with one attached hydrogen (secondary N) is 1. The van der Waals surface area contributed by atoms with Gasteiger partial charge in [0.2, 0.25) is 0 Å². The molecule has 3 rings (SSSR count). The SMILES string of the molecule is COC(=O)c1ccc(OC)c2c1oc1cc(NC(=O)OC(C)(C)C)ccc12. The van der Waals surface area contributed by atoms with Gasteiger partial charge in [0.1, 0.15) is 22.5 Å². The average Bonchev–Trinajstić information content (AvgIpc) is 2.97. The van der Waals surface area contributed by atoms with Gasteiger partial charge < -0.3 is 18.6 Å². The molecular formula is C20H21NO6. The second-order valence-corrected chi connectivity index (χ2v) is 6.95. The quantitative estimate of drug-likeness (QED) is 0.670. The number of carbonyl (C=O) groups is 2. The maximum atomic E-state index is 12.1. The summed E-state index contributed by atoms with van der Waals surface area (Å²) in [4.78, 5) is 24.0. The molecule has 7 nitrogen and oxygen atoms in total. The molecule has 0 aliphatic heterocycles. The van der Waals surface area contributed by atoms with Gasteiger partial charge in [-0.25, -0.2) is 9.59 Å². The number of carbonyl (C=O) groups excluding carboxylic acids is 2. The van der Waals surface area contributed by atoms with E-state index in [1.54, 1.807) is 58.2 Å². The molecule has 0 fully saturated rings. The van der Waals surface area contributed by atoms with Crippen molar-refractivity contribution >= 4 is 39.7 Å². The minimum atomic E-state index is -0.601. The maximum Gasteiger partial charge on any atom is 0.412 e. The second-order valence-electron chi connectivity index (χ2n) is 6.95. The van der Waals surface area contributed by atoms with E-state index in [-0.39, 0.29) is 0 Å². The Hall–Kier alpha value is -3.22. The predicted octanol–water partition coefficient (Wildman–Crippen LogP) is 4.73. The Morgan fingerprint density at radius 2 is 1.81 bits per heavy atom. The lowest BCUT2D eigenvalue weighted by atomic mass is 10.1. The summed E-state index contributed by atoms with van der Waals surface area (Å²) in [5.74, 6) is 0.0677. The van der Waals surface area contributed by atoms with Gasteiger partial charge in [-0.3, -0.25) is 5.32 Å². The summed E-state index contributed by atoms with van der Waals surface area (Å²) in [6, 6.07) is 8.47. The zero-order chi connectivity index (χ0) is 19.8. The summed E-state index contributed by atoms with van der Waals surface area (Å²) in [6.45, 7) is 5.36. The van der Waals surface area contributed by atoms with Crippen LogP contribution < -0.4 is 10.1 Å². The van der Waals surface area contributed by atoms with E-state index in [0.717, 1.165) is 5.39 Å². The van der Waals surface area contributed by atoms with Crippen LogP contribution in [-0.4, -0.2) is 31.9 Å². The molecule has 0 aliphatic rings. The number of esters is 1. The standard InChI is InChI=1S/C20H21NO6/c1-20(2,3)27-19(23)21-11-6-7-12-15(10-11)26-17-13(18(22)25-5)8-9-14(24-4)16(12)17/h6-10H,1-5H3,(H,21,23). The molecule has 0 unspecified atom stereocenters. The second kappa shape index (κ2) is 6.83. The van der Waals surface area contributed by atoms with Gasteiger partial charge in [0.05, 0.1) is 19.6 Å². The van der Waals surface area contributed by atoms with Crippen molar-refractivity contribution in [2.24, 2.45) is 0 Å². The summed E-state index contributed by atoms with van der Waals surface area (Å²) in [5.41, 5.74) is 1.07. The van der Waals surface area contributed by atoms with E-state index in [4.69, 9.17) is 18.6 Å². The zero-order valence-corrected chi connectivity index (χ0v) is 15.8. The summed E-state index contributed by atoms with van der Waals surface area (Å²) >= 11 is 0. The summed E-state index contributed by atoms with van der Waals surface area (Å²) in [6.07, 6.45) is -0.564. The van der Waals surface area contributed by atoms with E-state index < -0.39 is 17.7 Å². The molecule has 1 amide bonds. The van der Waals surface area contributed by atoms with Gasteiger partial charge in [0.25, 0.3) is 0 Å². The van der Waals surface area contributed by atoms with Gasteiger partial charge in [-0.15, -0.1) is 0 Å². The van der Waals surface area contributed by atoms with Crippen molar-refractivity contribution in [1.82, 2.24) is 0 Å². The van der Waals surface area contributed by atoms with E-state index in [9.17, 15) is 9.59 Å². The molecule has 0 saturated heterocycles. The van der Waals surface area contributed by atoms with E-state index in [1.165, 1.54) is 7.11 Å². The first-order valence-electron chi connectivity index (χ1n) is 8.35. The first-order valence-corrected chi connectivity index (χ1v) is 8.35. The number of ether oxygens (including phenoxy) is 3. The number of hydrogen-bond donors (Lipinski definition) is 1. The lowest BCUT2D eigenvalue weighted by Gasteiger charge is -2.19. The van der Waals surface area contributed by atoms with Crippen LogP contribution in [0.3, 0.4) is 0 Å². The average molecular weight is 371 g/mol. The highest BCUT2D eigenvalue weighted by atomic mass is 16.6. The molecule has 1 heterocycles. The van der Waals surface area contributed by atoms with E-state index in [2.05, 4.69) is 5.32 Å². The fourth-order valence-electron chi connectivity index (χ4n) is 2.79. The Bertz CT molecular complexity index is 1030. The van der Waals surface area contributed by atoms with Crippen LogP contribution in [0.5, 0.6) is 5.75 Å². The Balaban J connectivity index is 2.08.